The van der Waals surface area contributed by atoms with Crippen molar-refractivity contribution in [1.29, 1.82) is 0 Å². The Morgan fingerprint density at radius 2 is 1.58 bits per heavy atom. The van der Waals surface area contributed by atoms with Crippen molar-refractivity contribution in [3.63, 3.8) is 0 Å². The van der Waals surface area contributed by atoms with Gasteiger partial charge in [0.1, 0.15) is 0 Å². The molecule has 0 bridgehead atoms. The summed E-state index contributed by atoms with van der Waals surface area (Å²) in [4.78, 5) is 12.0. The van der Waals surface area contributed by atoms with Crippen LogP contribution in [0.1, 0.15) is 21.7 Å². The Bertz CT molecular complexity index is 961. The summed E-state index contributed by atoms with van der Waals surface area (Å²) in [7, 11) is 0. The van der Waals surface area contributed by atoms with E-state index in [0.717, 1.165) is 0 Å². The van der Waals surface area contributed by atoms with Gasteiger partial charge in [0.25, 0.3) is 5.78 Å². The number of furan rings is 1. The van der Waals surface area contributed by atoms with Crippen LogP contribution < -0.4 is 0 Å². The van der Waals surface area contributed by atoms with E-state index in [2.05, 4.69) is 11.8 Å². The third-order valence-electron chi connectivity index (χ3n) is 3.57. The first-order valence-corrected chi connectivity index (χ1v) is 7.88. The number of allylic oxidation sites excluding steroid dienone is 2. The summed E-state index contributed by atoms with van der Waals surface area (Å²) in [6, 6.07) is 20.2. The average Bonchev–Trinajstić information content (AvgIpc) is 3.20. The summed E-state index contributed by atoms with van der Waals surface area (Å²) in [5, 5.41) is 0. The molecule has 3 aromatic rings. The summed E-state index contributed by atoms with van der Waals surface area (Å²) in [6.07, 6.45) is 1.77. The maximum atomic E-state index is 14.5. The molecule has 0 spiro atoms. The number of halogens is 2. The van der Waals surface area contributed by atoms with Crippen molar-refractivity contribution >= 4 is 11.4 Å². The largest absolute Gasteiger partial charge is 0.461 e. The Balaban J connectivity index is 2.02. The van der Waals surface area contributed by atoms with Gasteiger partial charge in [-0.3, -0.25) is 4.79 Å². The highest BCUT2D eigenvalue weighted by Gasteiger charge is 2.39. The van der Waals surface area contributed by atoms with Crippen molar-refractivity contribution in [2.45, 2.75) is 5.92 Å². The number of ketones is 1. The van der Waals surface area contributed by atoms with E-state index in [9.17, 15) is 13.6 Å². The van der Waals surface area contributed by atoms with Crippen molar-refractivity contribution in [3.8, 4) is 11.8 Å². The minimum absolute atomic E-state index is 0.0689. The zero-order chi connectivity index (χ0) is 18.4. The number of rotatable bonds is 4. The van der Waals surface area contributed by atoms with Gasteiger partial charge in [-0.05, 0) is 29.8 Å². The lowest BCUT2D eigenvalue weighted by molar-refractivity contribution is 0.0356. The zero-order valence-corrected chi connectivity index (χ0v) is 13.7. The maximum absolute atomic E-state index is 14.5. The highest BCUT2D eigenvalue weighted by Crippen LogP contribution is 2.27. The van der Waals surface area contributed by atoms with Gasteiger partial charge in [-0.15, -0.1) is 0 Å². The first-order chi connectivity index (χ1) is 12.6. The molecule has 0 unspecified atom stereocenters. The van der Waals surface area contributed by atoms with E-state index in [1.54, 1.807) is 42.5 Å². The Morgan fingerprint density at radius 3 is 2.19 bits per heavy atom. The van der Waals surface area contributed by atoms with E-state index in [1.807, 2.05) is 18.2 Å². The fourth-order valence-corrected chi connectivity index (χ4v) is 2.29. The number of benzene rings is 2. The minimum Gasteiger partial charge on any atom is -0.461 e. The third kappa shape index (κ3) is 4.14. The fraction of sp³-hybridized carbons (Fsp3) is 0.0455. The molecule has 128 valence electrons. The van der Waals surface area contributed by atoms with Crippen LogP contribution in [0.15, 0.2) is 89.6 Å². The average molecular weight is 348 g/mol. The molecule has 0 fully saturated rings. The molecule has 1 aromatic heterocycles. The topological polar surface area (TPSA) is 30.2 Å². The van der Waals surface area contributed by atoms with Crippen LogP contribution >= 0.6 is 0 Å². The highest BCUT2D eigenvalue weighted by molar-refractivity contribution is 6.02. The summed E-state index contributed by atoms with van der Waals surface area (Å²) in [5.74, 6) is 0.0694. The van der Waals surface area contributed by atoms with Crippen LogP contribution in [0, 0.1) is 11.8 Å². The predicted molar refractivity (Wildman–Crippen MR) is 95.7 cm³/mol. The lowest BCUT2D eigenvalue weighted by atomic mass is 10.0. The monoisotopic (exact) mass is 348 g/mol. The van der Waals surface area contributed by atoms with Crippen LogP contribution in [0.4, 0.5) is 8.78 Å². The quantitative estimate of drug-likeness (QED) is 0.477. The summed E-state index contributed by atoms with van der Waals surface area (Å²) >= 11 is 0. The second-order valence-corrected chi connectivity index (χ2v) is 5.47. The molecule has 2 aromatic carbocycles. The Morgan fingerprint density at radius 1 is 0.923 bits per heavy atom. The lowest BCUT2D eigenvalue weighted by Crippen LogP contribution is -2.26. The van der Waals surface area contributed by atoms with E-state index in [-0.39, 0.29) is 5.57 Å². The Labute approximate surface area is 149 Å². The summed E-state index contributed by atoms with van der Waals surface area (Å²) < 4.78 is 33.8. The number of Topliss-reactive ketones (excluding diaryl/α,β-unsaturated/α-hetero) is 1. The van der Waals surface area contributed by atoms with E-state index in [0.29, 0.717) is 17.2 Å². The van der Waals surface area contributed by atoms with Gasteiger partial charge in [0.2, 0.25) is 0 Å². The molecular formula is C22H14F2O2. The molecule has 0 amide bonds. The van der Waals surface area contributed by atoms with Gasteiger partial charge in [0.15, 0.2) is 5.76 Å². The highest BCUT2D eigenvalue weighted by atomic mass is 19.3. The van der Waals surface area contributed by atoms with E-state index in [1.165, 1.54) is 18.4 Å². The number of hydrogen-bond donors (Lipinski definition) is 0. The molecule has 0 saturated carbocycles. The van der Waals surface area contributed by atoms with Crippen molar-refractivity contribution in [2.75, 3.05) is 0 Å². The molecule has 0 N–H and O–H groups in total. The van der Waals surface area contributed by atoms with Crippen LogP contribution in [0.3, 0.4) is 0 Å². The SMILES string of the molecule is O=C(c1ccco1)C(F)(F)/C=C(/C#Cc1ccccc1)c1ccccc1. The molecule has 4 heteroatoms. The zero-order valence-electron chi connectivity index (χ0n) is 13.7. The maximum Gasteiger partial charge on any atom is 0.332 e. The normalized spacial score (nSPS) is 11.5. The fourth-order valence-electron chi connectivity index (χ4n) is 2.29. The molecule has 3 rings (SSSR count). The van der Waals surface area contributed by atoms with Crippen LogP contribution in [0.5, 0.6) is 0 Å². The van der Waals surface area contributed by atoms with Crippen LogP contribution in [-0.2, 0) is 0 Å². The molecule has 0 saturated heterocycles. The second kappa shape index (κ2) is 7.62. The molecule has 0 aliphatic rings. The standard InChI is InChI=1S/C22H14F2O2/c23-22(24,21(25)20-12-7-15-26-20)16-19(18-10-5-2-6-11-18)14-13-17-8-3-1-4-9-17/h1-12,15-16H/b19-16-. The molecular weight excluding hydrogens is 334 g/mol. The van der Waals surface area contributed by atoms with Crippen LogP contribution in [-0.4, -0.2) is 11.7 Å². The predicted octanol–water partition coefficient (Wildman–Crippen LogP) is 5.23. The first-order valence-electron chi connectivity index (χ1n) is 7.88. The number of alkyl halides is 2. The molecule has 26 heavy (non-hydrogen) atoms. The molecule has 0 aliphatic heterocycles. The van der Waals surface area contributed by atoms with Gasteiger partial charge in [0.05, 0.1) is 6.26 Å². The van der Waals surface area contributed by atoms with Gasteiger partial charge >= 0.3 is 5.92 Å². The van der Waals surface area contributed by atoms with E-state index in [4.69, 9.17) is 4.42 Å². The van der Waals surface area contributed by atoms with Crippen LogP contribution in [0.25, 0.3) is 5.57 Å². The van der Waals surface area contributed by atoms with Gasteiger partial charge < -0.3 is 4.42 Å². The van der Waals surface area contributed by atoms with Crippen molar-refractivity contribution in [3.05, 3.63) is 102 Å². The lowest BCUT2D eigenvalue weighted by Gasteiger charge is -2.10. The third-order valence-corrected chi connectivity index (χ3v) is 3.57. The summed E-state index contributed by atoms with van der Waals surface area (Å²) in [6.45, 7) is 0. The van der Waals surface area contributed by atoms with Gasteiger partial charge in [-0.25, -0.2) is 0 Å². The molecule has 0 aliphatic carbocycles. The number of carbonyl (C=O) groups excluding carboxylic acids is 1. The van der Waals surface area contributed by atoms with Crippen molar-refractivity contribution in [2.24, 2.45) is 0 Å². The minimum atomic E-state index is -3.74. The van der Waals surface area contributed by atoms with Gasteiger partial charge in [-0.1, -0.05) is 60.4 Å². The molecule has 0 radical (unpaired) electrons. The number of carbonyl (C=O) groups is 1. The smallest absolute Gasteiger partial charge is 0.332 e. The Hall–Kier alpha value is -3.45. The van der Waals surface area contributed by atoms with Gasteiger partial charge in [0, 0.05) is 17.2 Å². The van der Waals surface area contributed by atoms with Gasteiger partial charge in [-0.2, -0.15) is 8.78 Å². The number of hydrogen-bond acceptors (Lipinski definition) is 2. The first kappa shape index (κ1) is 17.4. The molecule has 2 nitrogen and oxygen atoms in total. The Kier molecular flexibility index (Phi) is 5.09. The van der Waals surface area contributed by atoms with E-state index >= 15 is 0 Å². The summed E-state index contributed by atoms with van der Waals surface area (Å²) in [5.41, 5.74) is 1.26. The molecule has 1 heterocycles. The van der Waals surface area contributed by atoms with Crippen molar-refractivity contribution < 1.29 is 18.0 Å². The van der Waals surface area contributed by atoms with Crippen LogP contribution in [0.2, 0.25) is 0 Å². The van der Waals surface area contributed by atoms with E-state index < -0.39 is 17.5 Å². The van der Waals surface area contributed by atoms with Crippen molar-refractivity contribution in [1.82, 2.24) is 0 Å². The second-order valence-electron chi connectivity index (χ2n) is 5.47. The molecule has 0 atom stereocenters.